The third kappa shape index (κ3) is 3.62. The van der Waals surface area contributed by atoms with Gasteiger partial charge in [-0.15, -0.1) is 0 Å². The zero-order valence-electron chi connectivity index (χ0n) is 12.7. The van der Waals surface area contributed by atoms with Crippen LogP contribution < -0.4 is 5.32 Å². The molecule has 1 atom stereocenters. The minimum absolute atomic E-state index is 0.0911. The Labute approximate surface area is 145 Å². The quantitative estimate of drug-likeness (QED) is 0.882. The summed E-state index contributed by atoms with van der Waals surface area (Å²) in [6.07, 6.45) is 1.82. The fraction of sp³-hybridized carbons (Fsp3) is 0.500. The Hall–Kier alpha value is -1.30. The molecule has 0 aliphatic carbocycles. The van der Waals surface area contributed by atoms with Crippen LogP contribution in [-0.4, -0.2) is 60.4 Å². The molecule has 2 aliphatic rings. The van der Waals surface area contributed by atoms with Crippen LogP contribution in [0.1, 0.15) is 23.2 Å². The van der Waals surface area contributed by atoms with Gasteiger partial charge in [-0.3, -0.25) is 9.59 Å². The summed E-state index contributed by atoms with van der Waals surface area (Å²) in [5.41, 5.74) is 0.461. The van der Waals surface area contributed by atoms with Gasteiger partial charge >= 0.3 is 0 Å². The number of nitrogens with one attached hydrogen (secondary N) is 1. The number of likely N-dealkylation sites (tertiary alicyclic amines) is 1. The highest BCUT2D eigenvalue weighted by Gasteiger charge is 2.32. The second kappa shape index (κ2) is 7.07. The average Bonchev–Trinajstić information content (AvgIpc) is 2.55. The minimum Gasteiger partial charge on any atom is -0.337 e. The van der Waals surface area contributed by atoms with Crippen molar-refractivity contribution in [2.45, 2.75) is 18.9 Å². The number of rotatable bonds is 2. The summed E-state index contributed by atoms with van der Waals surface area (Å²) in [5, 5.41) is 3.95. The Morgan fingerprint density at radius 3 is 2.83 bits per heavy atom. The summed E-state index contributed by atoms with van der Waals surface area (Å²) in [5.74, 6) is 0.0130. The third-order valence-corrected chi connectivity index (χ3v) is 4.96. The second-order valence-electron chi connectivity index (χ2n) is 5.94. The molecule has 2 heterocycles. The van der Waals surface area contributed by atoms with Crippen molar-refractivity contribution in [1.82, 2.24) is 15.1 Å². The predicted molar refractivity (Wildman–Crippen MR) is 90.0 cm³/mol. The SMILES string of the molecule is O=C(c1ccc(Cl)cc1Cl)N1CCCC(N2CCNCC2=O)C1. The van der Waals surface area contributed by atoms with E-state index in [1.54, 1.807) is 23.1 Å². The molecule has 2 aliphatic heterocycles. The second-order valence-corrected chi connectivity index (χ2v) is 6.78. The number of amides is 2. The van der Waals surface area contributed by atoms with E-state index in [2.05, 4.69) is 5.32 Å². The van der Waals surface area contributed by atoms with Crippen molar-refractivity contribution in [2.24, 2.45) is 0 Å². The van der Waals surface area contributed by atoms with Crippen molar-refractivity contribution in [3.63, 3.8) is 0 Å². The highest BCUT2D eigenvalue weighted by Crippen LogP contribution is 2.25. The van der Waals surface area contributed by atoms with Gasteiger partial charge in [0.1, 0.15) is 0 Å². The largest absolute Gasteiger partial charge is 0.337 e. The van der Waals surface area contributed by atoms with E-state index in [0.717, 1.165) is 19.4 Å². The molecular formula is C16H19Cl2N3O2. The molecule has 7 heteroatoms. The molecule has 1 aromatic carbocycles. The van der Waals surface area contributed by atoms with Crippen LogP contribution in [0.2, 0.25) is 10.0 Å². The van der Waals surface area contributed by atoms with E-state index in [9.17, 15) is 9.59 Å². The monoisotopic (exact) mass is 355 g/mol. The number of carbonyl (C=O) groups is 2. The number of halogens is 2. The maximum Gasteiger partial charge on any atom is 0.255 e. The Bertz CT molecular complexity index is 623. The van der Waals surface area contributed by atoms with Gasteiger partial charge in [-0.2, -0.15) is 0 Å². The molecule has 0 bridgehead atoms. The zero-order valence-corrected chi connectivity index (χ0v) is 14.2. The van der Waals surface area contributed by atoms with E-state index in [0.29, 0.717) is 41.8 Å². The number of nitrogens with zero attached hydrogens (tertiary/aromatic N) is 2. The van der Waals surface area contributed by atoms with E-state index in [4.69, 9.17) is 23.2 Å². The minimum atomic E-state index is -0.0982. The first-order valence-corrected chi connectivity index (χ1v) is 8.56. The van der Waals surface area contributed by atoms with Crippen LogP contribution in [0.5, 0.6) is 0 Å². The molecule has 1 aromatic rings. The first-order valence-electron chi connectivity index (χ1n) is 7.81. The van der Waals surface area contributed by atoms with Crippen LogP contribution in [0.4, 0.5) is 0 Å². The van der Waals surface area contributed by atoms with Gasteiger partial charge in [0.15, 0.2) is 0 Å². The number of carbonyl (C=O) groups excluding carboxylic acids is 2. The molecule has 1 unspecified atom stereocenters. The van der Waals surface area contributed by atoms with Gasteiger partial charge in [0.05, 0.1) is 17.1 Å². The Morgan fingerprint density at radius 2 is 2.09 bits per heavy atom. The summed E-state index contributed by atoms with van der Waals surface area (Å²) in [6.45, 7) is 3.14. The molecule has 2 fully saturated rings. The highest BCUT2D eigenvalue weighted by atomic mass is 35.5. The van der Waals surface area contributed by atoms with Crippen LogP contribution in [0.25, 0.3) is 0 Å². The molecular weight excluding hydrogens is 337 g/mol. The summed E-state index contributed by atoms with van der Waals surface area (Å²) in [4.78, 5) is 28.5. The molecule has 0 aromatic heterocycles. The lowest BCUT2D eigenvalue weighted by Crippen LogP contribution is -2.57. The van der Waals surface area contributed by atoms with Crippen molar-refractivity contribution in [2.75, 3.05) is 32.7 Å². The van der Waals surface area contributed by atoms with E-state index in [1.165, 1.54) is 0 Å². The van der Waals surface area contributed by atoms with Crippen molar-refractivity contribution < 1.29 is 9.59 Å². The first-order chi connectivity index (χ1) is 11.1. The molecule has 2 amide bonds. The van der Waals surface area contributed by atoms with E-state index < -0.39 is 0 Å². The predicted octanol–water partition coefficient (Wildman–Crippen LogP) is 2.03. The van der Waals surface area contributed by atoms with E-state index in [1.807, 2.05) is 4.90 Å². The number of piperazine rings is 1. The van der Waals surface area contributed by atoms with Gasteiger partial charge in [-0.1, -0.05) is 23.2 Å². The van der Waals surface area contributed by atoms with Crippen molar-refractivity contribution in [3.05, 3.63) is 33.8 Å². The zero-order chi connectivity index (χ0) is 16.4. The summed E-state index contributed by atoms with van der Waals surface area (Å²) >= 11 is 12.0. The molecule has 0 spiro atoms. The van der Waals surface area contributed by atoms with Gasteiger partial charge in [0.2, 0.25) is 5.91 Å². The lowest BCUT2D eigenvalue weighted by atomic mass is 10.0. The Balaban J connectivity index is 1.72. The standard InChI is InChI=1S/C16H19Cl2N3O2/c17-11-3-4-13(14(18)8-11)16(23)20-6-1-2-12(10-20)21-7-5-19-9-15(21)22/h3-4,8,12,19H,1-2,5-7,9-10H2. The lowest BCUT2D eigenvalue weighted by molar-refractivity contribution is -0.135. The smallest absolute Gasteiger partial charge is 0.255 e. The van der Waals surface area contributed by atoms with Gasteiger partial charge in [-0.05, 0) is 31.0 Å². The fourth-order valence-electron chi connectivity index (χ4n) is 3.23. The highest BCUT2D eigenvalue weighted by molar-refractivity contribution is 6.36. The van der Waals surface area contributed by atoms with E-state index in [-0.39, 0.29) is 17.9 Å². The van der Waals surface area contributed by atoms with Gasteiger partial charge in [0, 0.05) is 37.2 Å². The third-order valence-electron chi connectivity index (χ3n) is 4.41. The maximum absolute atomic E-state index is 12.7. The van der Waals surface area contributed by atoms with Crippen LogP contribution in [0.15, 0.2) is 18.2 Å². The average molecular weight is 356 g/mol. The van der Waals surface area contributed by atoms with Crippen molar-refractivity contribution in [1.29, 1.82) is 0 Å². The molecule has 0 saturated carbocycles. The first kappa shape index (κ1) is 16.6. The Kier molecular flexibility index (Phi) is 5.09. The maximum atomic E-state index is 12.7. The fourth-order valence-corrected chi connectivity index (χ4v) is 3.72. The van der Waals surface area contributed by atoms with Gasteiger partial charge in [0.25, 0.3) is 5.91 Å². The molecule has 5 nitrogen and oxygen atoms in total. The Morgan fingerprint density at radius 1 is 1.26 bits per heavy atom. The lowest BCUT2D eigenvalue weighted by Gasteiger charge is -2.41. The van der Waals surface area contributed by atoms with Crippen molar-refractivity contribution >= 4 is 35.0 Å². The normalized spacial score (nSPS) is 22.3. The van der Waals surface area contributed by atoms with Crippen LogP contribution in [-0.2, 0) is 4.79 Å². The molecule has 124 valence electrons. The molecule has 2 saturated heterocycles. The van der Waals surface area contributed by atoms with E-state index >= 15 is 0 Å². The molecule has 1 N–H and O–H groups in total. The number of hydrogen-bond acceptors (Lipinski definition) is 3. The molecule has 23 heavy (non-hydrogen) atoms. The van der Waals surface area contributed by atoms with Crippen LogP contribution >= 0.6 is 23.2 Å². The van der Waals surface area contributed by atoms with Crippen LogP contribution in [0, 0.1) is 0 Å². The summed E-state index contributed by atoms with van der Waals surface area (Å²) in [7, 11) is 0. The van der Waals surface area contributed by atoms with Crippen molar-refractivity contribution in [3.8, 4) is 0 Å². The topological polar surface area (TPSA) is 52.7 Å². The van der Waals surface area contributed by atoms with Crippen LogP contribution in [0.3, 0.4) is 0 Å². The van der Waals surface area contributed by atoms with Gasteiger partial charge in [-0.25, -0.2) is 0 Å². The summed E-state index contributed by atoms with van der Waals surface area (Å²) in [6, 6.07) is 5.00. The number of benzene rings is 1. The number of piperidine rings is 1. The molecule has 0 radical (unpaired) electrons. The summed E-state index contributed by atoms with van der Waals surface area (Å²) < 4.78 is 0. The van der Waals surface area contributed by atoms with Gasteiger partial charge < -0.3 is 15.1 Å². The number of hydrogen-bond donors (Lipinski definition) is 1. The molecule has 3 rings (SSSR count).